The van der Waals surface area contributed by atoms with E-state index in [4.69, 9.17) is 18.0 Å². The van der Waals surface area contributed by atoms with E-state index in [1.807, 2.05) is 0 Å². The summed E-state index contributed by atoms with van der Waals surface area (Å²) in [5, 5.41) is 0. The van der Waals surface area contributed by atoms with Gasteiger partial charge in [0.1, 0.15) is 0 Å². The van der Waals surface area contributed by atoms with Gasteiger partial charge < -0.3 is 18.0 Å². The van der Waals surface area contributed by atoms with Crippen molar-refractivity contribution < 1.29 is 18.0 Å². The molecular formula is C20H40O4Si. The van der Waals surface area contributed by atoms with E-state index < -0.39 is 8.80 Å². The topological polar surface area (TPSA) is 40.2 Å². The minimum Gasteiger partial charge on any atom is -0.373 e. The number of fused-ring (bicyclic) bond motifs is 1. The predicted octanol–water partition coefficient (Wildman–Crippen LogP) is 5.04. The lowest BCUT2D eigenvalue weighted by Gasteiger charge is -2.36. The van der Waals surface area contributed by atoms with Crippen molar-refractivity contribution in [2.75, 3.05) is 19.8 Å². The zero-order valence-corrected chi connectivity index (χ0v) is 18.1. The number of rotatable bonds is 13. The van der Waals surface area contributed by atoms with Crippen LogP contribution in [0.25, 0.3) is 0 Å². The average molecular weight is 373 g/mol. The molecule has 1 aliphatic heterocycles. The average Bonchev–Trinajstić information content (AvgIpc) is 3.40. The normalized spacial score (nSPS) is 28.4. The molecule has 1 aliphatic carbocycles. The number of hydrogen-bond acceptors (Lipinski definition) is 4. The van der Waals surface area contributed by atoms with E-state index in [1.54, 1.807) is 0 Å². The smallest absolute Gasteiger partial charge is 0.373 e. The molecular weight excluding hydrogens is 332 g/mol. The Bertz CT molecular complexity index is 357. The molecule has 5 unspecified atom stereocenters. The summed E-state index contributed by atoms with van der Waals surface area (Å²) in [6, 6.07) is 0.944. The lowest BCUT2D eigenvalue weighted by atomic mass is 9.76. The third-order valence-electron chi connectivity index (χ3n) is 5.84. The van der Waals surface area contributed by atoms with Crippen LogP contribution < -0.4 is 0 Å². The molecule has 0 aromatic rings. The molecule has 2 fully saturated rings. The number of epoxide rings is 1. The Balaban J connectivity index is 1.97. The van der Waals surface area contributed by atoms with E-state index in [0.29, 0.717) is 24.0 Å². The summed E-state index contributed by atoms with van der Waals surface area (Å²) < 4.78 is 24.6. The van der Waals surface area contributed by atoms with Gasteiger partial charge in [0, 0.05) is 25.9 Å². The maximum absolute atomic E-state index is 6.29. The van der Waals surface area contributed by atoms with Gasteiger partial charge in [-0.15, -0.1) is 0 Å². The first-order chi connectivity index (χ1) is 12.0. The molecule has 1 saturated carbocycles. The van der Waals surface area contributed by atoms with Crippen LogP contribution in [0.5, 0.6) is 0 Å². The molecule has 0 amide bonds. The molecule has 4 nitrogen and oxygen atoms in total. The summed E-state index contributed by atoms with van der Waals surface area (Å²) >= 11 is 0. The summed E-state index contributed by atoms with van der Waals surface area (Å²) in [7, 11) is -2.59. The van der Waals surface area contributed by atoms with E-state index in [-0.39, 0.29) is 0 Å². The highest BCUT2D eigenvalue weighted by atomic mass is 28.4. The highest BCUT2D eigenvalue weighted by molar-refractivity contribution is 6.60. The van der Waals surface area contributed by atoms with Crippen LogP contribution in [-0.2, 0) is 18.0 Å². The van der Waals surface area contributed by atoms with Crippen LogP contribution in [0.3, 0.4) is 0 Å². The Morgan fingerprint density at radius 2 is 1.44 bits per heavy atom. The molecule has 0 spiro atoms. The van der Waals surface area contributed by atoms with Crippen molar-refractivity contribution in [3.05, 3.63) is 0 Å². The van der Waals surface area contributed by atoms with Crippen LogP contribution >= 0.6 is 0 Å². The molecule has 0 radical (unpaired) electrons. The van der Waals surface area contributed by atoms with Gasteiger partial charge in [0.15, 0.2) is 0 Å². The second kappa shape index (κ2) is 10.4. The van der Waals surface area contributed by atoms with Gasteiger partial charge in [-0.3, -0.25) is 0 Å². The lowest BCUT2D eigenvalue weighted by Crippen LogP contribution is -2.48. The van der Waals surface area contributed by atoms with Gasteiger partial charge in [0.05, 0.1) is 12.2 Å². The maximum Gasteiger partial charge on any atom is 0.501 e. The fourth-order valence-electron chi connectivity index (χ4n) is 4.03. The second-order valence-corrected chi connectivity index (χ2v) is 10.7. The monoisotopic (exact) mass is 372 g/mol. The van der Waals surface area contributed by atoms with E-state index in [1.165, 1.54) is 19.3 Å². The van der Waals surface area contributed by atoms with Crippen molar-refractivity contribution in [2.24, 2.45) is 17.8 Å². The molecule has 5 atom stereocenters. The Morgan fingerprint density at radius 3 is 1.92 bits per heavy atom. The molecule has 5 heteroatoms. The summed E-state index contributed by atoms with van der Waals surface area (Å²) in [6.45, 7) is 13.4. The van der Waals surface area contributed by atoms with Crippen LogP contribution in [0.4, 0.5) is 0 Å². The molecule has 0 bridgehead atoms. The summed E-state index contributed by atoms with van der Waals surface area (Å²) in [6.07, 6.45) is 7.96. The summed E-state index contributed by atoms with van der Waals surface area (Å²) in [4.78, 5) is 0. The zero-order valence-electron chi connectivity index (χ0n) is 17.1. The van der Waals surface area contributed by atoms with Gasteiger partial charge in [-0.2, -0.15) is 0 Å². The molecule has 1 saturated heterocycles. The Hall–Kier alpha value is 0.0569. The van der Waals surface area contributed by atoms with Crippen molar-refractivity contribution in [3.63, 3.8) is 0 Å². The Morgan fingerprint density at radius 1 is 0.880 bits per heavy atom. The highest BCUT2D eigenvalue weighted by Crippen LogP contribution is 2.44. The number of hydrogen-bond donors (Lipinski definition) is 0. The van der Waals surface area contributed by atoms with Crippen molar-refractivity contribution in [3.8, 4) is 0 Å². The predicted molar refractivity (Wildman–Crippen MR) is 104 cm³/mol. The van der Waals surface area contributed by atoms with E-state index in [2.05, 4.69) is 34.6 Å². The minimum atomic E-state index is -2.59. The van der Waals surface area contributed by atoms with Gasteiger partial charge in [0.25, 0.3) is 0 Å². The number of ether oxygens (including phenoxy) is 1. The van der Waals surface area contributed by atoms with E-state index in [0.717, 1.165) is 51.0 Å². The summed E-state index contributed by atoms with van der Waals surface area (Å²) in [5.74, 6) is 1.99. The van der Waals surface area contributed by atoms with Crippen LogP contribution in [0.15, 0.2) is 0 Å². The van der Waals surface area contributed by atoms with Gasteiger partial charge in [-0.25, -0.2) is 0 Å². The maximum atomic E-state index is 6.29. The van der Waals surface area contributed by atoms with Crippen molar-refractivity contribution in [2.45, 2.75) is 91.4 Å². The third-order valence-corrected chi connectivity index (χ3v) is 8.91. The SMILES string of the molecule is CCCO[Si](CC(C)C(C)C1CCC2OC2C1)(OCCC)OCCC. The standard InChI is InChI=1S/C20H40O4Si/c1-6-11-21-25(22-12-7-2,23-13-8-3)15-16(4)17(5)18-9-10-19-20(14-18)24-19/h16-20H,6-15H2,1-5H3. The van der Waals surface area contributed by atoms with Crippen molar-refractivity contribution in [1.82, 2.24) is 0 Å². The fourth-order valence-corrected chi connectivity index (χ4v) is 7.34. The molecule has 0 N–H and O–H groups in total. The van der Waals surface area contributed by atoms with Crippen molar-refractivity contribution >= 4 is 8.80 Å². The molecule has 1 heterocycles. The molecule has 2 aliphatic rings. The molecule has 0 aromatic carbocycles. The van der Waals surface area contributed by atoms with Crippen LogP contribution in [0.1, 0.15) is 73.1 Å². The van der Waals surface area contributed by atoms with Crippen LogP contribution in [0.2, 0.25) is 6.04 Å². The molecule has 148 valence electrons. The minimum absolute atomic E-state index is 0.553. The van der Waals surface area contributed by atoms with Gasteiger partial charge in [-0.1, -0.05) is 34.6 Å². The largest absolute Gasteiger partial charge is 0.501 e. The summed E-state index contributed by atoms with van der Waals surface area (Å²) in [5.41, 5.74) is 0. The first-order valence-corrected chi connectivity index (χ1v) is 12.6. The first-order valence-electron chi connectivity index (χ1n) is 10.6. The van der Waals surface area contributed by atoms with Crippen LogP contribution in [0, 0.1) is 17.8 Å². The molecule has 0 aromatic heterocycles. The second-order valence-electron chi connectivity index (χ2n) is 8.06. The van der Waals surface area contributed by atoms with Gasteiger partial charge >= 0.3 is 8.80 Å². The quantitative estimate of drug-likeness (QED) is 0.335. The van der Waals surface area contributed by atoms with E-state index in [9.17, 15) is 0 Å². The fraction of sp³-hybridized carbons (Fsp3) is 1.00. The first kappa shape index (κ1) is 21.4. The molecule has 25 heavy (non-hydrogen) atoms. The molecule has 2 rings (SSSR count). The Labute approximate surface area is 156 Å². The highest BCUT2D eigenvalue weighted by Gasteiger charge is 2.48. The lowest BCUT2D eigenvalue weighted by molar-refractivity contribution is 0.0513. The van der Waals surface area contributed by atoms with Crippen LogP contribution in [-0.4, -0.2) is 40.8 Å². The van der Waals surface area contributed by atoms with Gasteiger partial charge in [-0.05, 0) is 56.3 Å². The van der Waals surface area contributed by atoms with E-state index >= 15 is 0 Å². The van der Waals surface area contributed by atoms with Gasteiger partial charge in [0.2, 0.25) is 0 Å². The third kappa shape index (κ3) is 6.31. The Kier molecular flexibility index (Phi) is 8.89. The zero-order chi connectivity index (χ0) is 18.3. The van der Waals surface area contributed by atoms with Crippen molar-refractivity contribution in [1.29, 1.82) is 0 Å².